The normalized spacial score (nSPS) is 19.8. The van der Waals surface area contributed by atoms with Gasteiger partial charge in [0.25, 0.3) is 0 Å². The van der Waals surface area contributed by atoms with Crippen molar-refractivity contribution in [1.29, 1.82) is 0 Å². The first-order valence-corrected chi connectivity index (χ1v) is 6.62. The van der Waals surface area contributed by atoms with E-state index in [0.717, 1.165) is 6.54 Å². The molecule has 6 heteroatoms. The highest BCUT2D eigenvalue weighted by molar-refractivity contribution is 5.77. The summed E-state index contributed by atoms with van der Waals surface area (Å²) in [6.07, 6.45) is 1.25. The highest BCUT2D eigenvalue weighted by atomic mass is 16.5. The molecule has 1 fully saturated rings. The number of methoxy groups -OCH3 is 1. The molecule has 19 heavy (non-hydrogen) atoms. The van der Waals surface area contributed by atoms with Crippen LogP contribution in [0.2, 0.25) is 0 Å². The Morgan fingerprint density at radius 1 is 1.47 bits per heavy atom. The van der Waals surface area contributed by atoms with Gasteiger partial charge >= 0.3 is 5.97 Å². The molecule has 110 valence electrons. The zero-order valence-electron chi connectivity index (χ0n) is 12.0. The fraction of sp³-hybridized carbons (Fsp3) is 0.846. The van der Waals surface area contributed by atoms with Gasteiger partial charge < -0.3 is 20.1 Å². The summed E-state index contributed by atoms with van der Waals surface area (Å²) in [5.41, 5.74) is -0.416. The second-order valence-corrected chi connectivity index (χ2v) is 5.44. The molecule has 1 saturated heterocycles. The van der Waals surface area contributed by atoms with Crippen LogP contribution in [0.3, 0.4) is 0 Å². The molecule has 1 rings (SSSR count). The number of hydrogen-bond acceptors (Lipinski definition) is 5. The lowest BCUT2D eigenvalue weighted by molar-refractivity contribution is -0.141. The minimum atomic E-state index is -0.416. The summed E-state index contributed by atoms with van der Waals surface area (Å²) in [7, 11) is 1.36. The van der Waals surface area contributed by atoms with Gasteiger partial charge in [-0.3, -0.25) is 9.59 Å². The zero-order valence-corrected chi connectivity index (χ0v) is 12.0. The Balaban J connectivity index is 2.30. The van der Waals surface area contributed by atoms with Gasteiger partial charge in [-0.15, -0.1) is 0 Å². The molecular formula is C13H24N2O4. The molecule has 0 aromatic heterocycles. The van der Waals surface area contributed by atoms with Crippen LogP contribution in [-0.4, -0.2) is 50.3 Å². The van der Waals surface area contributed by atoms with Gasteiger partial charge in [0.15, 0.2) is 0 Å². The minimum absolute atomic E-state index is 0.0298. The zero-order chi connectivity index (χ0) is 14.3. The molecule has 0 radical (unpaired) electrons. The average molecular weight is 272 g/mol. The fourth-order valence-corrected chi connectivity index (χ4v) is 1.98. The Bertz CT molecular complexity index is 312. The third-order valence-electron chi connectivity index (χ3n) is 3.09. The van der Waals surface area contributed by atoms with Crippen LogP contribution in [0.1, 0.15) is 33.1 Å². The molecule has 1 aliphatic rings. The summed E-state index contributed by atoms with van der Waals surface area (Å²) in [6.45, 7) is 5.85. The summed E-state index contributed by atoms with van der Waals surface area (Å²) in [5, 5.41) is 6.18. The SMILES string of the molecule is COC(=O)CCC(C)(C)NC(=O)CC1COCCN1. The standard InChI is InChI=1S/C13H24N2O4/c1-13(2,5-4-12(17)18-3)15-11(16)8-10-9-19-7-6-14-10/h10,14H,4-9H2,1-3H3,(H,15,16). The number of hydrogen-bond donors (Lipinski definition) is 2. The number of rotatable bonds is 6. The summed E-state index contributed by atoms with van der Waals surface area (Å²) in [5.74, 6) is -0.289. The first-order valence-electron chi connectivity index (χ1n) is 6.62. The summed E-state index contributed by atoms with van der Waals surface area (Å²) in [6, 6.07) is 0.0742. The van der Waals surface area contributed by atoms with E-state index < -0.39 is 5.54 Å². The molecule has 0 aromatic rings. The topological polar surface area (TPSA) is 76.7 Å². The third kappa shape index (κ3) is 6.54. The van der Waals surface area contributed by atoms with E-state index in [2.05, 4.69) is 15.4 Å². The van der Waals surface area contributed by atoms with Crippen molar-refractivity contribution < 1.29 is 19.1 Å². The van der Waals surface area contributed by atoms with E-state index in [0.29, 0.717) is 32.5 Å². The minimum Gasteiger partial charge on any atom is -0.469 e. The van der Waals surface area contributed by atoms with Crippen molar-refractivity contribution in [3.8, 4) is 0 Å². The monoisotopic (exact) mass is 272 g/mol. The molecule has 1 unspecified atom stereocenters. The molecule has 2 N–H and O–H groups in total. The Morgan fingerprint density at radius 3 is 2.79 bits per heavy atom. The highest BCUT2D eigenvalue weighted by Gasteiger charge is 2.24. The van der Waals surface area contributed by atoms with Gasteiger partial charge in [-0.1, -0.05) is 0 Å². The average Bonchev–Trinajstić information content (AvgIpc) is 2.36. The van der Waals surface area contributed by atoms with Crippen LogP contribution in [0.25, 0.3) is 0 Å². The van der Waals surface area contributed by atoms with Crippen LogP contribution in [0.5, 0.6) is 0 Å². The molecule has 6 nitrogen and oxygen atoms in total. The maximum atomic E-state index is 11.9. The van der Waals surface area contributed by atoms with Crippen LogP contribution in [0.4, 0.5) is 0 Å². The number of amides is 1. The van der Waals surface area contributed by atoms with E-state index in [1.165, 1.54) is 7.11 Å². The van der Waals surface area contributed by atoms with Gasteiger partial charge in [0.05, 0.1) is 20.3 Å². The van der Waals surface area contributed by atoms with Gasteiger partial charge in [-0.2, -0.15) is 0 Å². The number of morpholine rings is 1. The largest absolute Gasteiger partial charge is 0.469 e. The maximum Gasteiger partial charge on any atom is 0.305 e. The van der Waals surface area contributed by atoms with Crippen LogP contribution >= 0.6 is 0 Å². The summed E-state index contributed by atoms with van der Waals surface area (Å²) < 4.78 is 9.90. The maximum absolute atomic E-state index is 11.9. The Morgan fingerprint density at radius 2 is 2.21 bits per heavy atom. The van der Waals surface area contributed by atoms with Crippen molar-refractivity contribution >= 4 is 11.9 Å². The third-order valence-corrected chi connectivity index (χ3v) is 3.09. The van der Waals surface area contributed by atoms with E-state index in [4.69, 9.17) is 4.74 Å². The van der Waals surface area contributed by atoms with Crippen molar-refractivity contribution in [3.05, 3.63) is 0 Å². The lowest BCUT2D eigenvalue weighted by Gasteiger charge is -2.28. The van der Waals surface area contributed by atoms with E-state index in [1.54, 1.807) is 0 Å². The second kappa shape index (κ2) is 7.45. The van der Waals surface area contributed by atoms with E-state index in [1.807, 2.05) is 13.8 Å². The van der Waals surface area contributed by atoms with Crippen LogP contribution in [0.15, 0.2) is 0 Å². The first kappa shape index (κ1) is 15.9. The summed E-state index contributed by atoms with van der Waals surface area (Å²) in [4.78, 5) is 23.0. The molecular weight excluding hydrogens is 248 g/mol. The van der Waals surface area contributed by atoms with Gasteiger partial charge in [0, 0.05) is 31.0 Å². The Labute approximate surface area is 114 Å². The lowest BCUT2D eigenvalue weighted by Crippen LogP contribution is -2.48. The lowest BCUT2D eigenvalue weighted by atomic mass is 9.98. The van der Waals surface area contributed by atoms with E-state index >= 15 is 0 Å². The molecule has 1 heterocycles. The summed E-state index contributed by atoms with van der Waals surface area (Å²) >= 11 is 0. The number of carbonyl (C=O) groups is 2. The van der Waals surface area contributed by atoms with E-state index in [-0.39, 0.29) is 17.9 Å². The number of esters is 1. The van der Waals surface area contributed by atoms with Gasteiger partial charge in [0.2, 0.25) is 5.91 Å². The Kier molecular flexibility index (Phi) is 6.24. The molecule has 1 aliphatic heterocycles. The molecule has 0 aliphatic carbocycles. The molecule has 0 saturated carbocycles. The molecule has 0 aromatic carbocycles. The smallest absolute Gasteiger partial charge is 0.305 e. The molecule has 1 amide bonds. The number of ether oxygens (including phenoxy) is 2. The quantitative estimate of drug-likeness (QED) is 0.676. The number of carbonyl (C=O) groups excluding carboxylic acids is 2. The highest BCUT2D eigenvalue weighted by Crippen LogP contribution is 2.12. The molecule has 0 spiro atoms. The van der Waals surface area contributed by atoms with Crippen molar-refractivity contribution in [2.45, 2.75) is 44.7 Å². The first-order chi connectivity index (χ1) is 8.93. The predicted octanol–water partition coefficient (Wildman–Crippen LogP) is 0.213. The van der Waals surface area contributed by atoms with Crippen LogP contribution < -0.4 is 10.6 Å². The van der Waals surface area contributed by atoms with Crippen LogP contribution in [0, 0.1) is 0 Å². The van der Waals surface area contributed by atoms with Gasteiger partial charge in [-0.05, 0) is 20.3 Å². The van der Waals surface area contributed by atoms with Crippen molar-refractivity contribution in [3.63, 3.8) is 0 Å². The fourth-order valence-electron chi connectivity index (χ4n) is 1.98. The van der Waals surface area contributed by atoms with Gasteiger partial charge in [0.1, 0.15) is 0 Å². The number of nitrogens with one attached hydrogen (secondary N) is 2. The van der Waals surface area contributed by atoms with Crippen molar-refractivity contribution in [1.82, 2.24) is 10.6 Å². The van der Waals surface area contributed by atoms with Crippen molar-refractivity contribution in [2.75, 3.05) is 26.9 Å². The molecule has 1 atom stereocenters. The Hall–Kier alpha value is -1.14. The molecule has 0 bridgehead atoms. The van der Waals surface area contributed by atoms with Gasteiger partial charge in [-0.25, -0.2) is 0 Å². The van der Waals surface area contributed by atoms with E-state index in [9.17, 15) is 9.59 Å². The van der Waals surface area contributed by atoms with Crippen LogP contribution in [-0.2, 0) is 19.1 Å². The second-order valence-electron chi connectivity index (χ2n) is 5.44. The van der Waals surface area contributed by atoms with Crippen molar-refractivity contribution in [2.24, 2.45) is 0 Å². The predicted molar refractivity (Wildman–Crippen MR) is 70.7 cm³/mol.